The van der Waals surface area contributed by atoms with Crippen LogP contribution in [0.2, 0.25) is 0 Å². The normalized spacial score (nSPS) is 11.9. The van der Waals surface area contributed by atoms with Gasteiger partial charge in [-0.2, -0.15) is 5.48 Å². The number of amides is 1. The van der Waals surface area contributed by atoms with Gasteiger partial charge in [-0.1, -0.05) is 46.0 Å². The molecule has 6 nitrogen and oxygen atoms in total. The van der Waals surface area contributed by atoms with Crippen LogP contribution in [0.4, 0.5) is 4.79 Å². The van der Waals surface area contributed by atoms with Gasteiger partial charge in [0.25, 0.3) is 0 Å². The van der Waals surface area contributed by atoms with E-state index in [1.165, 1.54) is 0 Å². The number of hydroxylamine groups is 1. The van der Waals surface area contributed by atoms with Crippen LogP contribution in [0.1, 0.15) is 58.8 Å². The molecule has 0 aromatic heterocycles. The summed E-state index contributed by atoms with van der Waals surface area (Å²) in [6.45, 7) is 4.38. The average Bonchev–Trinajstić information content (AvgIpc) is 2.38. The largest absolute Gasteiger partial charge is 0.479 e. The molecule has 0 unspecified atom stereocenters. The van der Waals surface area contributed by atoms with E-state index in [0.29, 0.717) is 13.0 Å². The van der Waals surface area contributed by atoms with Gasteiger partial charge in [0.1, 0.15) is 0 Å². The minimum Gasteiger partial charge on any atom is -0.479 e. The van der Waals surface area contributed by atoms with Crippen LogP contribution in [-0.2, 0) is 14.4 Å². The van der Waals surface area contributed by atoms with Gasteiger partial charge in [0.2, 0.25) is 0 Å². The van der Waals surface area contributed by atoms with E-state index in [9.17, 15) is 9.59 Å². The number of aliphatic carboxylic acids is 1. The molecule has 2 N–H and O–H groups in total. The molecule has 0 spiro atoms. The van der Waals surface area contributed by atoms with Gasteiger partial charge in [-0.15, -0.1) is 0 Å². The number of hydrogen-bond donors (Lipinski definition) is 2. The monoisotopic (exact) mass is 275 g/mol. The van der Waals surface area contributed by atoms with E-state index >= 15 is 0 Å². The fraction of sp³-hybridized carbons (Fsp3) is 0.846. The lowest BCUT2D eigenvalue weighted by atomic mass is 10.2. The van der Waals surface area contributed by atoms with E-state index < -0.39 is 18.2 Å². The third-order valence-corrected chi connectivity index (χ3v) is 2.61. The number of carbonyl (C=O) groups excluding carboxylic acids is 1. The Morgan fingerprint density at radius 2 is 1.79 bits per heavy atom. The molecular formula is C13H25NO5. The zero-order chi connectivity index (χ0) is 14.5. The fourth-order valence-electron chi connectivity index (χ4n) is 1.46. The molecule has 0 saturated carbocycles. The molecule has 0 aromatic carbocycles. The molecule has 19 heavy (non-hydrogen) atoms. The van der Waals surface area contributed by atoms with Crippen molar-refractivity contribution in [1.29, 1.82) is 0 Å². The molecular weight excluding hydrogens is 250 g/mol. The van der Waals surface area contributed by atoms with Crippen LogP contribution in [0.25, 0.3) is 0 Å². The van der Waals surface area contributed by atoms with Crippen LogP contribution in [-0.4, -0.2) is 29.9 Å². The van der Waals surface area contributed by atoms with E-state index in [-0.39, 0.29) is 0 Å². The first-order valence-electron chi connectivity index (χ1n) is 6.93. The Balaban J connectivity index is 3.70. The number of nitrogens with one attached hydrogen (secondary N) is 1. The van der Waals surface area contributed by atoms with Crippen molar-refractivity contribution in [3.8, 4) is 0 Å². The SMILES string of the molecule is CCCCCCOC(=O)NO[C@H](CCCC)C(=O)O. The van der Waals surface area contributed by atoms with Gasteiger partial charge in [-0.05, 0) is 12.8 Å². The molecule has 0 aliphatic carbocycles. The summed E-state index contributed by atoms with van der Waals surface area (Å²) in [5.74, 6) is -1.09. The summed E-state index contributed by atoms with van der Waals surface area (Å²) in [6, 6.07) is 0. The van der Waals surface area contributed by atoms with Crippen molar-refractivity contribution >= 4 is 12.1 Å². The standard InChI is InChI=1S/C13H25NO5/c1-3-5-7-8-10-18-13(17)14-19-11(12(15)16)9-6-4-2/h11H,3-10H2,1-2H3,(H,14,17)(H,15,16)/t11-/m1/s1. The van der Waals surface area contributed by atoms with Crippen LogP contribution >= 0.6 is 0 Å². The first-order valence-corrected chi connectivity index (χ1v) is 6.93. The summed E-state index contributed by atoms with van der Waals surface area (Å²) in [4.78, 5) is 26.9. The summed E-state index contributed by atoms with van der Waals surface area (Å²) >= 11 is 0. The van der Waals surface area contributed by atoms with Crippen molar-refractivity contribution in [1.82, 2.24) is 5.48 Å². The second-order valence-corrected chi connectivity index (χ2v) is 4.39. The minimum absolute atomic E-state index is 0.321. The molecule has 0 aliphatic rings. The Morgan fingerprint density at radius 3 is 2.37 bits per heavy atom. The van der Waals surface area contributed by atoms with Crippen LogP contribution in [0, 0.1) is 0 Å². The smallest absolute Gasteiger partial charge is 0.431 e. The van der Waals surface area contributed by atoms with Crippen LogP contribution in [0.5, 0.6) is 0 Å². The summed E-state index contributed by atoms with van der Waals surface area (Å²) in [5, 5.41) is 8.87. The molecule has 0 saturated heterocycles. The van der Waals surface area contributed by atoms with Crippen molar-refractivity contribution in [2.24, 2.45) is 0 Å². The van der Waals surface area contributed by atoms with Gasteiger partial charge in [0.15, 0.2) is 6.10 Å². The number of carboxylic acids is 1. The minimum atomic E-state index is -1.09. The Bertz CT molecular complexity index is 257. The van der Waals surface area contributed by atoms with Gasteiger partial charge in [-0.3, -0.25) is 4.84 Å². The topological polar surface area (TPSA) is 84.9 Å². The summed E-state index contributed by atoms with van der Waals surface area (Å²) in [6.07, 6.45) is 4.25. The number of rotatable bonds is 11. The molecule has 0 fully saturated rings. The lowest BCUT2D eigenvalue weighted by Gasteiger charge is -2.13. The molecule has 6 heteroatoms. The molecule has 0 aromatic rings. The number of carboxylic acid groups (broad SMARTS) is 1. The molecule has 112 valence electrons. The van der Waals surface area contributed by atoms with Gasteiger partial charge in [0, 0.05) is 0 Å². The zero-order valence-corrected chi connectivity index (χ0v) is 11.8. The maximum absolute atomic E-state index is 11.2. The Labute approximate surface area is 114 Å². The zero-order valence-electron chi connectivity index (χ0n) is 11.8. The lowest BCUT2D eigenvalue weighted by molar-refractivity contribution is -0.155. The summed E-state index contributed by atoms with van der Waals surface area (Å²) in [5.41, 5.74) is 2.02. The first-order chi connectivity index (χ1) is 9.11. The van der Waals surface area contributed by atoms with Gasteiger partial charge < -0.3 is 9.84 Å². The Morgan fingerprint density at radius 1 is 1.11 bits per heavy atom. The van der Waals surface area contributed by atoms with Crippen LogP contribution in [0.3, 0.4) is 0 Å². The van der Waals surface area contributed by atoms with Crippen LogP contribution < -0.4 is 5.48 Å². The Kier molecular flexibility index (Phi) is 11.0. The average molecular weight is 275 g/mol. The second kappa shape index (κ2) is 11.8. The van der Waals surface area contributed by atoms with E-state index in [1.807, 2.05) is 12.4 Å². The van der Waals surface area contributed by atoms with Crippen molar-refractivity contribution < 1.29 is 24.3 Å². The maximum atomic E-state index is 11.2. The van der Waals surface area contributed by atoms with Crippen molar-refractivity contribution in [2.75, 3.05) is 6.61 Å². The quantitative estimate of drug-likeness (QED) is 0.447. The summed E-state index contributed by atoms with van der Waals surface area (Å²) < 4.78 is 4.86. The van der Waals surface area contributed by atoms with Crippen molar-refractivity contribution in [3.05, 3.63) is 0 Å². The van der Waals surface area contributed by atoms with Crippen LogP contribution in [0.15, 0.2) is 0 Å². The lowest BCUT2D eigenvalue weighted by Crippen LogP contribution is -2.34. The molecule has 0 aliphatic heterocycles. The number of hydrogen-bond acceptors (Lipinski definition) is 4. The molecule has 1 atom stereocenters. The highest BCUT2D eigenvalue weighted by Gasteiger charge is 2.19. The molecule has 0 rings (SSSR count). The van der Waals surface area contributed by atoms with Gasteiger partial charge in [-0.25, -0.2) is 9.59 Å². The number of carbonyl (C=O) groups is 2. The van der Waals surface area contributed by atoms with E-state index in [2.05, 4.69) is 6.92 Å². The third-order valence-electron chi connectivity index (χ3n) is 2.61. The maximum Gasteiger partial charge on any atom is 0.431 e. The molecule has 1 amide bonds. The highest BCUT2D eigenvalue weighted by Crippen LogP contribution is 2.04. The highest BCUT2D eigenvalue weighted by atomic mass is 16.7. The Hall–Kier alpha value is -1.30. The van der Waals surface area contributed by atoms with Gasteiger partial charge >= 0.3 is 12.1 Å². The second-order valence-electron chi connectivity index (χ2n) is 4.39. The highest BCUT2D eigenvalue weighted by molar-refractivity contribution is 5.72. The predicted octanol–water partition coefficient (Wildman–Crippen LogP) is 2.87. The van der Waals surface area contributed by atoms with E-state index in [1.54, 1.807) is 0 Å². The van der Waals surface area contributed by atoms with Crippen molar-refractivity contribution in [3.63, 3.8) is 0 Å². The van der Waals surface area contributed by atoms with Crippen molar-refractivity contribution in [2.45, 2.75) is 64.9 Å². The van der Waals surface area contributed by atoms with E-state index in [4.69, 9.17) is 14.7 Å². The molecule has 0 radical (unpaired) electrons. The third kappa shape index (κ3) is 10.3. The fourth-order valence-corrected chi connectivity index (χ4v) is 1.46. The van der Waals surface area contributed by atoms with Gasteiger partial charge in [0.05, 0.1) is 6.61 Å². The molecule has 0 heterocycles. The predicted molar refractivity (Wildman–Crippen MR) is 70.7 cm³/mol. The number of unbranched alkanes of at least 4 members (excludes halogenated alkanes) is 4. The summed E-state index contributed by atoms with van der Waals surface area (Å²) in [7, 11) is 0. The number of ether oxygens (including phenoxy) is 1. The van der Waals surface area contributed by atoms with E-state index in [0.717, 1.165) is 38.5 Å². The first kappa shape index (κ1) is 17.7. The molecule has 0 bridgehead atoms.